The molecule has 1 saturated heterocycles. The molecule has 120 valence electrons. The van der Waals surface area contributed by atoms with E-state index in [1.807, 2.05) is 6.07 Å². The predicted molar refractivity (Wildman–Crippen MR) is 87.7 cm³/mol. The largest absolute Gasteiger partial charge is 0.396 e. The van der Waals surface area contributed by atoms with E-state index in [0.29, 0.717) is 13.1 Å². The van der Waals surface area contributed by atoms with Crippen LogP contribution in [0.25, 0.3) is 10.9 Å². The third kappa shape index (κ3) is 3.87. The summed E-state index contributed by atoms with van der Waals surface area (Å²) in [6.07, 6.45) is 0.444. The van der Waals surface area contributed by atoms with E-state index >= 15 is 0 Å². The van der Waals surface area contributed by atoms with Crippen LogP contribution >= 0.6 is 0 Å². The van der Waals surface area contributed by atoms with Crippen LogP contribution in [0.5, 0.6) is 0 Å². The first-order valence-corrected chi connectivity index (χ1v) is 8.05. The number of β-amino-alcohol motifs (C(OH)–C–C–N with tert-alkyl or cyclic N) is 1. The van der Waals surface area contributed by atoms with Gasteiger partial charge in [-0.1, -0.05) is 18.2 Å². The number of aromatic amines is 1. The fraction of sp³-hybridized carbons (Fsp3) is 0.529. The van der Waals surface area contributed by atoms with Crippen molar-refractivity contribution in [2.24, 2.45) is 0 Å². The zero-order valence-electron chi connectivity index (χ0n) is 12.9. The number of nitrogens with one attached hydrogen (secondary N) is 1. The molecule has 1 aliphatic rings. The maximum atomic E-state index is 10.2. The van der Waals surface area contributed by atoms with Crippen LogP contribution in [0.2, 0.25) is 0 Å². The van der Waals surface area contributed by atoms with Crippen LogP contribution in [0, 0.1) is 0 Å². The van der Waals surface area contributed by atoms with Gasteiger partial charge in [-0.3, -0.25) is 9.80 Å². The summed E-state index contributed by atoms with van der Waals surface area (Å²) in [7, 11) is 0. The third-order valence-electron chi connectivity index (χ3n) is 4.28. The van der Waals surface area contributed by atoms with Gasteiger partial charge in [0.1, 0.15) is 0 Å². The topological polar surface area (TPSA) is 62.7 Å². The molecule has 0 unspecified atom stereocenters. The van der Waals surface area contributed by atoms with Crippen LogP contribution in [0.3, 0.4) is 0 Å². The van der Waals surface area contributed by atoms with Crippen molar-refractivity contribution in [1.29, 1.82) is 0 Å². The van der Waals surface area contributed by atoms with Crippen molar-refractivity contribution < 1.29 is 10.2 Å². The average Bonchev–Trinajstić information content (AvgIpc) is 2.82. The first-order chi connectivity index (χ1) is 10.7. The standard InChI is InChI=1S/C17H25N3O2/c21-9-3-6-19-7-8-20(13-16(22)12-19)11-15-10-14-4-1-2-5-17(14)18-15/h1-2,4-5,10,16,18,21-22H,3,6-9,11-13H2/t16-/m0/s1. The summed E-state index contributed by atoms with van der Waals surface area (Å²) in [6, 6.07) is 10.5. The van der Waals surface area contributed by atoms with E-state index < -0.39 is 0 Å². The molecular formula is C17H25N3O2. The molecule has 0 saturated carbocycles. The highest BCUT2D eigenvalue weighted by Gasteiger charge is 2.21. The van der Waals surface area contributed by atoms with Crippen molar-refractivity contribution in [3.05, 3.63) is 36.0 Å². The lowest BCUT2D eigenvalue weighted by Crippen LogP contribution is -2.34. The summed E-state index contributed by atoms with van der Waals surface area (Å²) < 4.78 is 0. The molecule has 0 amide bonds. The fourth-order valence-corrected chi connectivity index (χ4v) is 3.22. The SMILES string of the molecule is OCCCN1CCN(Cc2cc3ccccc3[nH]2)C[C@@H](O)C1. The van der Waals surface area contributed by atoms with Crippen LogP contribution in [0.1, 0.15) is 12.1 Å². The van der Waals surface area contributed by atoms with Crippen LogP contribution in [-0.4, -0.2) is 70.4 Å². The number of rotatable bonds is 5. The Morgan fingerprint density at radius 2 is 1.91 bits per heavy atom. The molecule has 0 radical (unpaired) electrons. The van der Waals surface area contributed by atoms with Crippen molar-refractivity contribution >= 4 is 10.9 Å². The molecule has 3 N–H and O–H groups in total. The van der Waals surface area contributed by atoms with Gasteiger partial charge in [-0.05, 0) is 23.9 Å². The van der Waals surface area contributed by atoms with E-state index in [0.717, 1.165) is 38.1 Å². The summed E-state index contributed by atoms with van der Waals surface area (Å²) in [6.45, 7) is 5.18. The fourth-order valence-electron chi connectivity index (χ4n) is 3.22. The monoisotopic (exact) mass is 303 g/mol. The highest BCUT2D eigenvalue weighted by Crippen LogP contribution is 2.17. The molecule has 1 fully saturated rings. The molecule has 1 aromatic carbocycles. The predicted octanol–water partition coefficient (Wildman–Crippen LogP) is 1.03. The van der Waals surface area contributed by atoms with E-state index in [2.05, 4.69) is 39.0 Å². The quantitative estimate of drug-likeness (QED) is 0.772. The summed E-state index contributed by atoms with van der Waals surface area (Å²) in [5, 5.41) is 20.4. The molecule has 0 aliphatic carbocycles. The number of aromatic nitrogens is 1. The maximum Gasteiger partial charge on any atom is 0.0793 e. The third-order valence-corrected chi connectivity index (χ3v) is 4.28. The van der Waals surface area contributed by atoms with Crippen molar-refractivity contribution in [1.82, 2.24) is 14.8 Å². The molecule has 0 bridgehead atoms. The Morgan fingerprint density at radius 1 is 1.14 bits per heavy atom. The molecule has 1 aromatic heterocycles. The summed E-state index contributed by atoms with van der Waals surface area (Å²) in [4.78, 5) is 8.00. The van der Waals surface area contributed by atoms with Gasteiger partial charge in [0.05, 0.1) is 6.10 Å². The number of aliphatic hydroxyl groups is 2. The normalized spacial score (nSPS) is 21.3. The van der Waals surface area contributed by atoms with Gasteiger partial charge in [-0.25, -0.2) is 0 Å². The van der Waals surface area contributed by atoms with Crippen LogP contribution in [0.15, 0.2) is 30.3 Å². The van der Waals surface area contributed by atoms with Crippen LogP contribution < -0.4 is 0 Å². The minimum atomic E-state index is -0.328. The van der Waals surface area contributed by atoms with Crippen molar-refractivity contribution in [2.75, 3.05) is 39.3 Å². The molecule has 3 rings (SSSR count). The van der Waals surface area contributed by atoms with Gasteiger partial charge in [-0.2, -0.15) is 0 Å². The molecule has 2 aromatic rings. The number of H-pyrrole nitrogens is 1. The molecule has 1 atom stereocenters. The molecule has 5 nitrogen and oxygen atoms in total. The maximum absolute atomic E-state index is 10.2. The highest BCUT2D eigenvalue weighted by atomic mass is 16.3. The number of fused-ring (bicyclic) bond motifs is 1. The lowest BCUT2D eigenvalue weighted by atomic mass is 10.2. The number of hydrogen-bond donors (Lipinski definition) is 3. The number of para-hydroxylation sites is 1. The van der Waals surface area contributed by atoms with Gasteiger partial charge in [0.2, 0.25) is 0 Å². The summed E-state index contributed by atoms with van der Waals surface area (Å²) >= 11 is 0. The van der Waals surface area contributed by atoms with E-state index in [-0.39, 0.29) is 12.7 Å². The van der Waals surface area contributed by atoms with Gasteiger partial charge >= 0.3 is 0 Å². The van der Waals surface area contributed by atoms with Gasteiger partial charge in [0, 0.05) is 57.1 Å². The van der Waals surface area contributed by atoms with Crippen molar-refractivity contribution in [2.45, 2.75) is 19.1 Å². The lowest BCUT2D eigenvalue weighted by molar-refractivity contribution is 0.105. The minimum Gasteiger partial charge on any atom is -0.396 e. The Balaban J connectivity index is 1.62. The second kappa shape index (κ2) is 7.24. The van der Waals surface area contributed by atoms with E-state index in [1.165, 1.54) is 11.1 Å². The number of aliphatic hydroxyl groups excluding tert-OH is 2. The van der Waals surface area contributed by atoms with Crippen molar-refractivity contribution in [3.8, 4) is 0 Å². The first-order valence-electron chi connectivity index (χ1n) is 8.05. The van der Waals surface area contributed by atoms with Crippen LogP contribution in [-0.2, 0) is 6.54 Å². The number of benzene rings is 1. The van der Waals surface area contributed by atoms with E-state index in [1.54, 1.807) is 0 Å². The molecule has 1 aliphatic heterocycles. The van der Waals surface area contributed by atoms with Crippen molar-refractivity contribution in [3.63, 3.8) is 0 Å². The van der Waals surface area contributed by atoms with Crippen LogP contribution in [0.4, 0.5) is 0 Å². The smallest absolute Gasteiger partial charge is 0.0793 e. The van der Waals surface area contributed by atoms with Gasteiger partial charge in [-0.15, -0.1) is 0 Å². The lowest BCUT2D eigenvalue weighted by Gasteiger charge is -2.20. The van der Waals surface area contributed by atoms with E-state index in [9.17, 15) is 5.11 Å². The molecular weight excluding hydrogens is 278 g/mol. The Morgan fingerprint density at radius 3 is 2.73 bits per heavy atom. The Bertz CT molecular complexity index is 565. The second-order valence-electron chi connectivity index (χ2n) is 6.15. The number of nitrogens with zero attached hydrogens (tertiary/aromatic N) is 2. The Hall–Kier alpha value is -1.40. The Kier molecular flexibility index (Phi) is 5.10. The molecule has 5 heteroatoms. The summed E-state index contributed by atoms with van der Waals surface area (Å²) in [5.74, 6) is 0. The highest BCUT2D eigenvalue weighted by molar-refractivity contribution is 5.80. The Labute approximate surface area is 131 Å². The van der Waals surface area contributed by atoms with Gasteiger partial charge < -0.3 is 15.2 Å². The number of hydrogen-bond acceptors (Lipinski definition) is 4. The van der Waals surface area contributed by atoms with Gasteiger partial charge in [0.25, 0.3) is 0 Å². The van der Waals surface area contributed by atoms with Gasteiger partial charge in [0.15, 0.2) is 0 Å². The summed E-state index contributed by atoms with van der Waals surface area (Å²) in [5.41, 5.74) is 2.36. The zero-order chi connectivity index (χ0) is 15.4. The zero-order valence-corrected chi connectivity index (χ0v) is 12.9. The molecule has 2 heterocycles. The molecule has 22 heavy (non-hydrogen) atoms. The minimum absolute atomic E-state index is 0.214. The second-order valence-corrected chi connectivity index (χ2v) is 6.15. The first kappa shape index (κ1) is 15.5. The average molecular weight is 303 g/mol. The molecule has 0 spiro atoms. The van der Waals surface area contributed by atoms with E-state index in [4.69, 9.17) is 5.11 Å².